The Morgan fingerprint density at radius 1 is 1.25 bits per heavy atom. The molecule has 0 atom stereocenters. The van der Waals surface area contributed by atoms with E-state index in [1.54, 1.807) is 35.1 Å². The number of azo groups is 1. The van der Waals surface area contributed by atoms with Crippen molar-refractivity contribution in [1.29, 1.82) is 0 Å². The van der Waals surface area contributed by atoms with E-state index in [0.717, 1.165) is 0 Å². The molecule has 0 radical (unpaired) electrons. The van der Waals surface area contributed by atoms with Gasteiger partial charge >= 0.3 is 0 Å². The number of nitrogens with one attached hydrogen (secondary N) is 1. The predicted molar refractivity (Wildman–Crippen MR) is 92.9 cm³/mol. The summed E-state index contributed by atoms with van der Waals surface area (Å²) in [4.78, 5) is 0. The largest absolute Gasteiger partial charge is 0.395 e. The number of hydrogen-bond donors (Lipinski definition) is 3. The molecule has 128 valence electrons. The molecule has 0 unspecified atom stereocenters. The Labute approximate surface area is 140 Å². The van der Waals surface area contributed by atoms with Gasteiger partial charge in [0.1, 0.15) is 0 Å². The molecule has 1 aromatic rings. The highest BCUT2D eigenvalue weighted by Crippen LogP contribution is 1.95. The second kappa shape index (κ2) is 12.7. The molecule has 3 N–H and O–H groups in total. The minimum absolute atomic E-state index is 0.0246. The van der Waals surface area contributed by atoms with Gasteiger partial charge in [0.05, 0.1) is 18.9 Å². The van der Waals surface area contributed by atoms with Crippen LogP contribution in [0.15, 0.2) is 81.5 Å². The first-order valence-corrected chi connectivity index (χ1v) is 7.37. The second-order valence-electron chi connectivity index (χ2n) is 4.41. The minimum atomic E-state index is 0.0246. The van der Waals surface area contributed by atoms with Gasteiger partial charge < -0.3 is 20.1 Å². The molecule has 0 aromatic carbocycles. The number of hydrogen-bond acceptors (Lipinski definition) is 6. The maximum absolute atomic E-state index is 8.98. The first kappa shape index (κ1) is 19.2. The first-order chi connectivity index (χ1) is 11.8. The van der Waals surface area contributed by atoms with Crippen molar-refractivity contribution in [3.05, 3.63) is 66.6 Å². The van der Waals surface area contributed by atoms with E-state index < -0.39 is 0 Å². The van der Waals surface area contributed by atoms with Crippen LogP contribution in [0.3, 0.4) is 0 Å². The van der Waals surface area contributed by atoms with E-state index in [1.165, 1.54) is 6.34 Å². The van der Waals surface area contributed by atoms with Gasteiger partial charge in [0, 0.05) is 19.3 Å². The zero-order valence-corrected chi connectivity index (χ0v) is 13.4. The van der Waals surface area contributed by atoms with Crippen molar-refractivity contribution in [3.63, 3.8) is 0 Å². The molecule has 0 amide bonds. The molecule has 0 aliphatic rings. The van der Waals surface area contributed by atoms with Crippen LogP contribution in [0.1, 0.15) is 0 Å². The van der Waals surface area contributed by atoms with Gasteiger partial charge in [-0.2, -0.15) is 5.11 Å². The van der Waals surface area contributed by atoms with Gasteiger partial charge in [-0.25, -0.2) is 0 Å². The van der Waals surface area contributed by atoms with Crippen LogP contribution < -0.4 is 10.8 Å². The van der Waals surface area contributed by atoms with E-state index in [0.29, 0.717) is 24.3 Å². The summed E-state index contributed by atoms with van der Waals surface area (Å²) in [6.45, 7) is 4.78. The van der Waals surface area contributed by atoms with Crippen molar-refractivity contribution in [2.45, 2.75) is 6.54 Å². The maximum atomic E-state index is 8.98. The fourth-order valence-corrected chi connectivity index (χ4v) is 1.53. The van der Waals surface area contributed by atoms with Crippen LogP contribution in [0, 0.1) is 0 Å². The van der Waals surface area contributed by atoms with Crippen LogP contribution in [0.2, 0.25) is 0 Å². The summed E-state index contributed by atoms with van der Waals surface area (Å²) in [5.74, 6) is 0. The Morgan fingerprint density at radius 2 is 2.12 bits per heavy atom. The summed E-state index contributed by atoms with van der Waals surface area (Å²) >= 11 is 0. The molecule has 0 fully saturated rings. The normalized spacial score (nSPS) is 13.0. The van der Waals surface area contributed by atoms with E-state index in [4.69, 9.17) is 10.2 Å². The lowest BCUT2D eigenvalue weighted by Gasteiger charge is -2.02. The predicted octanol–water partition coefficient (Wildman–Crippen LogP) is 0.942. The number of aliphatic hydroxyl groups is 2. The molecule has 0 bridgehead atoms. The van der Waals surface area contributed by atoms with Crippen molar-refractivity contribution in [2.75, 3.05) is 19.8 Å². The van der Waals surface area contributed by atoms with E-state index in [1.807, 2.05) is 18.3 Å². The minimum Gasteiger partial charge on any atom is -0.395 e. The first-order valence-electron chi connectivity index (χ1n) is 7.37. The lowest BCUT2D eigenvalue weighted by Crippen LogP contribution is -2.20. The Kier molecular flexibility index (Phi) is 10.1. The number of aliphatic hydroxyl groups excluding tert-OH is 2. The van der Waals surface area contributed by atoms with E-state index in [9.17, 15) is 0 Å². The van der Waals surface area contributed by atoms with Crippen molar-refractivity contribution >= 4 is 6.34 Å². The van der Waals surface area contributed by atoms with Crippen LogP contribution in [0.5, 0.6) is 0 Å². The lowest BCUT2D eigenvalue weighted by molar-refractivity contribution is 0.273. The summed E-state index contributed by atoms with van der Waals surface area (Å²) in [6.07, 6.45) is 9.91. The summed E-state index contributed by atoms with van der Waals surface area (Å²) in [6, 6.07) is 5.46. The molecule has 0 aliphatic heterocycles. The Balaban J connectivity index is 2.50. The van der Waals surface area contributed by atoms with Crippen molar-refractivity contribution < 1.29 is 10.2 Å². The summed E-state index contributed by atoms with van der Waals surface area (Å²) in [7, 11) is 0. The van der Waals surface area contributed by atoms with Gasteiger partial charge in [0.2, 0.25) is 0 Å². The van der Waals surface area contributed by atoms with Crippen LogP contribution in [-0.4, -0.2) is 40.9 Å². The molecule has 0 spiro atoms. The van der Waals surface area contributed by atoms with E-state index in [2.05, 4.69) is 32.3 Å². The Morgan fingerprint density at radius 3 is 2.92 bits per heavy atom. The number of pyridine rings is 1. The molecular formula is C16H22N6O2. The quantitative estimate of drug-likeness (QED) is 0.148. The van der Waals surface area contributed by atoms with Crippen LogP contribution in [0.4, 0.5) is 0 Å². The fourth-order valence-electron chi connectivity index (χ4n) is 1.53. The van der Waals surface area contributed by atoms with E-state index >= 15 is 0 Å². The zero-order chi connectivity index (χ0) is 17.5. The van der Waals surface area contributed by atoms with E-state index in [-0.39, 0.29) is 13.2 Å². The third kappa shape index (κ3) is 8.57. The fraction of sp³-hybridized carbons (Fsp3) is 0.250. The number of allylic oxidation sites excluding steroid dienone is 3. The van der Waals surface area contributed by atoms with Crippen molar-refractivity contribution in [2.24, 2.45) is 20.4 Å². The molecule has 1 aromatic heterocycles. The number of aromatic nitrogens is 1. The SMILES string of the molecule is C=C(/C=C\C=C/NCCO)N=N/C=N/N=c1\ccccn1CCO. The van der Waals surface area contributed by atoms with Gasteiger partial charge in [0.15, 0.2) is 11.8 Å². The summed E-state index contributed by atoms with van der Waals surface area (Å²) in [5.41, 5.74) is 1.07. The third-order valence-corrected chi connectivity index (χ3v) is 2.58. The number of nitrogens with zero attached hydrogens (tertiary/aromatic N) is 5. The molecule has 8 heteroatoms. The molecule has 8 nitrogen and oxygen atoms in total. The van der Waals surface area contributed by atoms with Gasteiger partial charge in [-0.1, -0.05) is 18.7 Å². The highest BCUT2D eigenvalue weighted by atomic mass is 16.3. The molecule has 24 heavy (non-hydrogen) atoms. The van der Waals surface area contributed by atoms with Crippen molar-refractivity contribution in [3.8, 4) is 0 Å². The molecule has 1 heterocycles. The van der Waals surface area contributed by atoms with Crippen LogP contribution >= 0.6 is 0 Å². The Hall–Kier alpha value is -2.84. The second-order valence-corrected chi connectivity index (χ2v) is 4.41. The van der Waals surface area contributed by atoms with Gasteiger partial charge in [-0.3, -0.25) is 0 Å². The molecular weight excluding hydrogens is 308 g/mol. The Bertz CT molecular complexity index is 673. The van der Waals surface area contributed by atoms with Crippen LogP contribution in [0.25, 0.3) is 0 Å². The summed E-state index contributed by atoms with van der Waals surface area (Å²) < 4.78 is 1.77. The lowest BCUT2D eigenvalue weighted by atomic mass is 10.4. The topological polar surface area (TPSA) is 107 Å². The standard InChI is InChI=1S/C16H22N6O2/c1-15(6-2-4-8-17-9-12-23)20-18-14-19-21-16-7-3-5-10-22(16)11-13-24/h2-8,10,14,17,23-24H,1,9,11-13H2/b6-2-,8-4-,19-14+,20-18?,21-16+. The third-order valence-electron chi connectivity index (χ3n) is 2.58. The highest BCUT2D eigenvalue weighted by molar-refractivity contribution is 5.54. The van der Waals surface area contributed by atoms with Crippen LogP contribution in [-0.2, 0) is 6.54 Å². The highest BCUT2D eigenvalue weighted by Gasteiger charge is 1.89. The molecule has 1 rings (SSSR count). The average molecular weight is 330 g/mol. The van der Waals surface area contributed by atoms with Crippen molar-refractivity contribution in [1.82, 2.24) is 9.88 Å². The summed E-state index contributed by atoms with van der Waals surface area (Å²) in [5, 5.41) is 35.8. The molecule has 0 saturated carbocycles. The molecule has 0 aliphatic carbocycles. The monoisotopic (exact) mass is 330 g/mol. The molecule has 0 saturated heterocycles. The zero-order valence-electron chi connectivity index (χ0n) is 13.4. The van der Waals surface area contributed by atoms with Gasteiger partial charge in [0.25, 0.3) is 0 Å². The van der Waals surface area contributed by atoms with Gasteiger partial charge in [-0.15, -0.1) is 15.3 Å². The number of rotatable bonds is 10. The smallest absolute Gasteiger partial charge is 0.160 e. The average Bonchev–Trinajstić information content (AvgIpc) is 2.59. The van der Waals surface area contributed by atoms with Gasteiger partial charge in [-0.05, 0) is 30.5 Å². The maximum Gasteiger partial charge on any atom is 0.160 e.